The van der Waals surface area contributed by atoms with Crippen LogP contribution in [0, 0.1) is 6.92 Å². The maximum atomic E-state index is 11.8. The van der Waals surface area contributed by atoms with Crippen LogP contribution in [0.3, 0.4) is 0 Å². The normalized spacial score (nSPS) is 14.7. The van der Waals surface area contributed by atoms with Crippen molar-refractivity contribution in [1.29, 1.82) is 0 Å². The molecule has 0 spiro atoms. The van der Waals surface area contributed by atoms with Gasteiger partial charge in [-0.05, 0) is 30.9 Å². The Morgan fingerprint density at radius 3 is 2.76 bits per heavy atom. The molecule has 1 amide bonds. The monoisotopic (exact) mass is 232 g/mol. The molecule has 0 atom stereocenters. The molecule has 1 aliphatic carbocycles. The lowest BCUT2D eigenvalue weighted by atomic mass is 10.1. The third kappa shape index (κ3) is 3.30. The van der Waals surface area contributed by atoms with Crippen molar-refractivity contribution in [2.45, 2.75) is 32.4 Å². The number of hydrogen-bond donors (Lipinski definition) is 1. The summed E-state index contributed by atoms with van der Waals surface area (Å²) >= 11 is 0. The number of hydrogen-bond acceptors (Lipinski definition) is 2. The first kappa shape index (κ1) is 12.1. The number of benzene rings is 1. The van der Waals surface area contributed by atoms with Gasteiger partial charge < -0.3 is 10.2 Å². The minimum absolute atomic E-state index is 0.195. The first-order valence-corrected chi connectivity index (χ1v) is 6.19. The van der Waals surface area contributed by atoms with Gasteiger partial charge in [0.05, 0.1) is 6.54 Å². The van der Waals surface area contributed by atoms with E-state index in [1.54, 1.807) is 0 Å². The van der Waals surface area contributed by atoms with Gasteiger partial charge in [-0.1, -0.05) is 24.3 Å². The number of likely N-dealkylation sites (N-methyl/N-ethyl adjacent to an activating group) is 1. The van der Waals surface area contributed by atoms with Gasteiger partial charge in [0, 0.05) is 19.6 Å². The fourth-order valence-electron chi connectivity index (χ4n) is 1.90. The lowest BCUT2D eigenvalue weighted by Crippen LogP contribution is -2.36. The highest BCUT2D eigenvalue weighted by Gasteiger charge is 2.28. The van der Waals surface area contributed by atoms with E-state index in [-0.39, 0.29) is 5.91 Å². The maximum absolute atomic E-state index is 11.8. The van der Waals surface area contributed by atoms with Gasteiger partial charge in [-0.15, -0.1) is 0 Å². The van der Waals surface area contributed by atoms with E-state index >= 15 is 0 Å². The summed E-state index contributed by atoms with van der Waals surface area (Å²) in [5, 5.41) is 3.21. The van der Waals surface area contributed by atoms with Crippen molar-refractivity contribution in [3.8, 4) is 0 Å². The molecule has 0 aromatic heterocycles. The Morgan fingerprint density at radius 2 is 2.12 bits per heavy atom. The molecule has 17 heavy (non-hydrogen) atoms. The van der Waals surface area contributed by atoms with Crippen molar-refractivity contribution in [1.82, 2.24) is 10.2 Å². The molecule has 92 valence electrons. The van der Waals surface area contributed by atoms with Crippen LogP contribution in [0.2, 0.25) is 0 Å². The van der Waals surface area contributed by atoms with Crippen LogP contribution in [-0.4, -0.2) is 30.4 Å². The lowest BCUT2D eigenvalue weighted by molar-refractivity contribution is -0.129. The van der Waals surface area contributed by atoms with Crippen molar-refractivity contribution in [3.63, 3.8) is 0 Å². The molecule has 3 heteroatoms. The van der Waals surface area contributed by atoms with Gasteiger partial charge in [-0.3, -0.25) is 4.79 Å². The Balaban J connectivity index is 1.75. The van der Waals surface area contributed by atoms with Gasteiger partial charge in [0.25, 0.3) is 0 Å². The van der Waals surface area contributed by atoms with E-state index in [0.29, 0.717) is 12.6 Å². The smallest absolute Gasteiger partial charge is 0.236 e. The molecule has 1 aliphatic rings. The van der Waals surface area contributed by atoms with Crippen LogP contribution >= 0.6 is 0 Å². The van der Waals surface area contributed by atoms with Crippen LogP contribution in [0.25, 0.3) is 0 Å². The molecule has 0 heterocycles. The number of aryl methyl sites for hydroxylation is 1. The molecular weight excluding hydrogens is 212 g/mol. The summed E-state index contributed by atoms with van der Waals surface area (Å²) in [7, 11) is 1.90. The first-order chi connectivity index (χ1) is 8.18. The zero-order chi connectivity index (χ0) is 12.3. The summed E-state index contributed by atoms with van der Waals surface area (Å²) in [5.74, 6) is 0.195. The fourth-order valence-corrected chi connectivity index (χ4v) is 1.90. The van der Waals surface area contributed by atoms with Crippen molar-refractivity contribution < 1.29 is 4.79 Å². The van der Waals surface area contributed by atoms with Crippen LogP contribution in [0.1, 0.15) is 24.0 Å². The van der Waals surface area contributed by atoms with E-state index < -0.39 is 0 Å². The van der Waals surface area contributed by atoms with Crippen LogP contribution < -0.4 is 5.32 Å². The largest absolute Gasteiger partial charge is 0.342 e. The Kier molecular flexibility index (Phi) is 3.79. The molecule has 1 aromatic carbocycles. The summed E-state index contributed by atoms with van der Waals surface area (Å²) in [5.41, 5.74) is 2.53. The fraction of sp³-hybridized carbons (Fsp3) is 0.500. The highest BCUT2D eigenvalue weighted by molar-refractivity contribution is 5.78. The van der Waals surface area contributed by atoms with Gasteiger partial charge in [-0.25, -0.2) is 0 Å². The van der Waals surface area contributed by atoms with Gasteiger partial charge in [-0.2, -0.15) is 0 Å². The minimum atomic E-state index is 0.195. The van der Waals surface area contributed by atoms with Crippen molar-refractivity contribution in [3.05, 3.63) is 35.4 Å². The van der Waals surface area contributed by atoms with Crippen molar-refractivity contribution in [2.24, 2.45) is 0 Å². The number of carbonyl (C=O) groups excluding carboxylic acids is 1. The Bertz CT molecular complexity index is 399. The molecule has 1 N–H and O–H groups in total. The standard InChI is InChI=1S/C14H20N2O/c1-11-5-3-4-6-12(11)9-15-10-14(17)16(2)13-7-8-13/h3-6,13,15H,7-10H2,1-2H3. The Labute approximate surface area is 103 Å². The third-order valence-corrected chi connectivity index (χ3v) is 3.34. The molecule has 1 saturated carbocycles. The molecule has 0 saturated heterocycles. The van der Waals surface area contributed by atoms with Gasteiger partial charge in [0.15, 0.2) is 0 Å². The predicted octanol–water partition coefficient (Wildman–Crippen LogP) is 1.71. The lowest BCUT2D eigenvalue weighted by Gasteiger charge is -2.16. The van der Waals surface area contributed by atoms with E-state index in [9.17, 15) is 4.79 Å². The topological polar surface area (TPSA) is 32.3 Å². The van der Waals surface area contributed by atoms with Crippen LogP contribution in [0.15, 0.2) is 24.3 Å². The van der Waals surface area contributed by atoms with Crippen LogP contribution in [0.4, 0.5) is 0 Å². The molecule has 1 aromatic rings. The minimum Gasteiger partial charge on any atom is -0.342 e. The number of nitrogens with zero attached hydrogens (tertiary/aromatic N) is 1. The summed E-state index contributed by atoms with van der Waals surface area (Å²) in [6.07, 6.45) is 2.33. The van der Waals surface area contributed by atoms with Crippen molar-refractivity contribution in [2.75, 3.05) is 13.6 Å². The molecule has 2 rings (SSSR count). The number of nitrogens with one attached hydrogen (secondary N) is 1. The quantitative estimate of drug-likeness (QED) is 0.838. The van der Waals surface area contributed by atoms with Gasteiger partial charge in [0.2, 0.25) is 5.91 Å². The highest BCUT2D eigenvalue weighted by atomic mass is 16.2. The van der Waals surface area contributed by atoms with Gasteiger partial charge in [0.1, 0.15) is 0 Å². The summed E-state index contributed by atoms with van der Waals surface area (Å²) in [6, 6.07) is 8.75. The second kappa shape index (κ2) is 5.32. The zero-order valence-corrected chi connectivity index (χ0v) is 10.6. The van der Waals surface area contributed by atoms with E-state index in [0.717, 1.165) is 6.54 Å². The maximum Gasteiger partial charge on any atom is 0.236 e. The summed E-state index contributed by atoms with van der Waals surface area (Å²) in [4.78, 5) is 13.6. The Morgan fingerprint density at radius 1 is 1.41 bits per heavy atom. The second-order valence-electron chi connectivity index (χ2n) is 4.77. The summed E-state index contributed by atoms with van der Waals surface area (Å²) < 4.78 is 0. The Hall–Kier alpha value is -1.35. The molecule has 0 aliphatic heterocycles. The molecule has 0 radical (unpaired) electrons. The first-order valence-electron chi connectivity index (χ1n) is 6.19. The van der Waals surface area contributed by atoms with E-state index in [4.69, 9.17) is 0 Å². The number of carbonyl (C=O) groups is 1. The molecule has 0 bridgehead atoms. The van der Waals surface area contributed by atoms with Crippen LogP contribution in [0.5, 0.6) is 0 Å². The number of rotatable bonds is 5. The molecule has 1 fully saturated rings. The van der Waals surface area contributed by atoms with Crippen LogP contribution in [-0.2, 0) is 11.3 Å². The van der Waals surface area contributed by atoms with E-state index in [1.807, 2.05) is 24.1 Å². The second-order valence-corrected chi connectivity index (χ2v) is 4.77. The third-order valence-electron chi connectivity index (χ3n) is 3.34. The average molecular weight is 232 g/mol. The summed E-state index contributed by atoms with van der Waals surface area (Å²) in [6.45, 7) is 3.29. The molecular formula is C14H20N2O. The molecule has 3 nitrogen and oxygen atoms in total. The van der Waals surface area contributed by atoms with Crippen molar-refractivity contribution >= 4 is 5.91 Å². The SMILES string of the molecule is Cc1ccccc1CNCC(=O)N(C)C1CC1. The van der Waals surface area contributed by atoms with E-state index in [1.165, 1.54) is 24.0 Å². The predicted molar refractivity (Wildman–Crippen MR) is 68.7 cm³/mol. The van der Waals surface area contributed by atoms with Gasteiger partial charge >= 0.3 is 0 Å². The zero-order valence-electron chi connectivity index (χ0n) is 10.6. The van der Waals surface area contributed by atoms with E-state index in [2.05, 4.69) is 24.4 Å². The average Bonchev–Trinajstić information content (AvgIpc) is 3.14. The number of amides is 1. The molecule has 0 unspecified atom stereocenters. The highest BCUT2D eigenvalue weighted by Crippen LogP contribution is 2.25.